The minimum absolute atomic E-state index is 0.0572. The first-order valence-corrected chi connectivity index (χ1v) is 33.5. The van der Waals surface area contributed by atoms with Gasteiger partial charge in [0.1, 0.15) is 23.3 Å². The average molecular weight is 1250 g/mol. The fraction of sp³-hybridized carbons (Fsp3) is 0.408. The number of allylic oxidation sites excluding steroid dienone is 9. The van der Waals surface area contributed by atoms with Crippen molar-refractivity contribution in [3.05, 3.63) is 194 Å². The maximum absolute atomic E-state index is 11.8. The lowest BCUT2D eigenvalue weighted by molar-refractivity contribution is -0.133. The van der Waals surface area contributed by atoms with Crippen LogP contribution < -0.4 is 9.80 Å². The fourth-order valence-corrected chi connectivity index (χ4v) is 18.3. The van der Waals surface area contributed by atoms with Gasteiger partial charge in [-0.1, -0.05) is 67.4 Å². The third-order valence-electron chi connectivity index (χ3n) is 22.7. The van der Waals surface area contributed by atoms with Crippen LogP contribution in [-0.4, -0.2) is 101 Å². The Balaban J connectivity index is 0.681. The molecule has 94 heavy (non-hydrogen) atoms. The number of hydrogen-bond donors (Lipinski definition) is 2. The Bertz CT molecular complexity index is 4450. The molecule has 2 N–H and O–H groups in total. The summed E-state index contributed by atoms with van der Waals surface area (Å²) < 4.78 is 20.5. The van der Waals surface area contributed by atoms with Crippen LogP contribution in [0.4, 0.5) is 17.1 Å². The van der Waals surface area contributed by atoms with Gasteiger partial charge in [0.2, 0.25) is 35.7 Å². The van der Waals surface area contributed by atoms with Gasteiger partial charge in [-0.15, -0.1) is 25.5 Å². The molecule has 0 radical (unpaired) electrons. The fourth-order valence-electron chi connectivity index (χ4n) is 18.3. The molecule has 18 nitrogen and oxygen atoms in total. The summed E-state index contributed by atoms with van der Waals surface area (Å²) in [4.78, 5) is 31.2. The van der Waals surface area contributed by atoms with Gasteiger partial charge in [-0.2, -0.15) is 10.5 Å². The average Bonchev–Trinajstić information content (AvgIpc) is 1.57. The molecule has 5 aromatic rings. The summed E-state index contributed by atoms with van der Waals surface area (Å²) in [5.74, 6) is 0.982. The molecular formula is C76H75N11O7. The summed E-state index contributed by atoms with van der Waals surface area (Å²) in [6.45, 7) is 9.08. The van der Waals surface area contributed by atoms with Crippen LogP contribution in [0.3, 0.4) is 0 Å². The number of benzene rings is 3. The number of aromatic nitrogens is 4. The number of likely N-dealkylation sites (N-methyl/N-ethyl adjacent to an activating group) is 1. The van der Waals surface area contributed by atoms with Crippen LogP contribution >= 0.6 is 0 Å². The molecule has 1 saturated heterocycles. The number of nitrogens with zero attached hydrogens (tertiary/aromatic N) is 11. The van der Waals surface area contributed by atoms with Crippen molar-refractivity contribution in [3.8, 4) is 23.6 Å². The predicted molar refractivity (Wildman–Crippen MR) is 354 cm³/mol. The Labute approximate surface area is 546 Å². The highest BCUT2D eigenvalue weighted by molar-refractivity contribution is 5.97. The van der Waals surface area contributed by atoms with E-state index in [1.165, 1.54) is 53.4 Å². The smallest absolute Gasteiger partial charge is 0.346 e. The van der Waals surface area contributed by atoms with Crippen LogP contribution in [0, 0.1) is 34.5 Å². The third kappa shape index (κ3) is 9.71. The quantitative estimate of drug-likeness (QED) is 0.0633. The molecule has 0 bridgehead atoms. The lowest BCUT2D eigenvalue weighted by Crippen LogP contribution is -2.49. The van der Waals surface area contributed by atoms with Gasteiger partial charge < -0.3 is 38.5 Å². The molecule has 4 fully saturated rings. The minimum Gasteiger partial charge on any atom is -0.477 e. The maximum Gasteiger partial charge on any atom is 0.346 e. The van der Waals surface area contributed by atoms with Crippen LogP contribution in [0.5, 0.6) is 0 Å². The highest BCUT2D eigenvalue weighted by Crippen LogP contribution is 2.57. The number of carbonyl (C=O) groups is 2. The zero-order valence-corrected chi connectivity index (χ0v) is 53.6. The van der Waals surface area contributed by atoms with Crippen molar-refractivity contribution >= 4 is 46.5 Å². The standard InChI is InChI=1S/C76H75N11O7/c1-43-27-32-76(4)60(33-43)57-11-8-14-64(57)86(76)54-23-19-46(20-24-54)67-81-82-73(94-67)74(2)39-49(68-80-79-66(92-68)48-28-30-75(3,31-29-48)87-63-13-7-10-56(63)59-37-45(16-26-65(59)87)35-52(42-78)72(90)91)38-50(40-74)70-84(5)83-69(93-70)47-17-21-53(22-18-47)85-61-12-6-9-55(61)58-36-44(15-25-62(58)85)34-51(41-77)71(88)89/h15,17-25,27-28,30,33-38,40,48,55-57,61,63-64,70H,6-14,16,26,29,31-32,39H2,1-5H3,(H,88,89)(H,90,91)/b51-34+,52-35-. The first-order valence-electron chi connectivity index (χ1n) is 33.5. The zero-order chi connectivity index (χ0) is 64.5. The monoisotopic (exact) mass is 1250 g/mol. The molecule has 2 aromatic heterocycles. The number of fused-ring (bicyclic) bond motifs is 8. The predicted octanol–water partition coefficient (Wildman–Crippen LogP) is 14.4. The van der Waals surface area contributed by atoms with E-state index in [0.717, 1.165) is 103 Å². The topological polar surface area (TPSA) is 235 Å². The van der Waals surface area contributed by atoms with Gasteiger partial charge in [0.15, 0.2) is 0 Å². The van der Waals surface area contributed by atoms with Crippen molar-refractivity contribution in [2.75, 3.05) is 16.8 Å². The summed E-state index contributed by atoms with van der Waals surface area (Å²) in [7, 11) is 1.91. The Morgan fingerprint density at radius 1 is 0.723 bits per heavy atom. The number of hydrogen-bond acceptors (Lipinski definition) is 16. The second-order valence-electron chi connectivity index (χ2n) is 28.5. The highest BCUT2D eigenvalue weighted by atomic mass is 16.5. The molecule has 3 saturated carbocycles. The summed E-state index contributed by atoms with van der Waals surface area (Å²) in [6.07, 6.45) is 32.9. The van der Waals surface area contributed by atoms with Crippen molar-refractivity contribution < 1.29 is 33.4 Å². The number of aliphatic carboxylic acids is 2. The van der Waals surface area contributed by atoms with E-state index in [0.29, 0.717) is 77.7 Å². The number of rotatable bonds is 13. The van der Waals surface area contributed by atoms with E-state index in [2.05, 4.69) is 133 Å². The molecule has 11 unspecified atom stereocenters. The van der Waals surface area contributed by atoms with Crippen LogP contribution in [0.1, 0.15) is 170 Å². The second-order valence-corrected chi connectivity index (χ2v) is 28.5. The molecule has 16 rings (SSSR count). The highest BCUT2D eigenvalue weighted by Gasteiger charge is 2.55. The van der Waals surface area contributed by atoms with E-state index in [1.54, 1.807) is 11.6 Å². The number of nitriles is 2. The van der Waals surface area contributed by atoms with Gasteiger partial charge in [0, 0.05) is 88.0 Å². The molecule has 476 valence electrons. The molecular weight excluding hydrogens is 1180 g/mol. The van der Waals surface area contributed by atoms with Gasteiger partial charge in [0.05, 0.1) is 22.4 Å². The lowest BCUT2D eigenvalue weighted by Gasteiger charge is -2.46. The Hall–Kier alpha value is -9.81. The molecule has 11 aliphatic rings. The molecule has 11 atom stereocenters. The maximum atomic E-state index is 11.8. The molecule has 3 aromatic carbocycles. The summed E-state index contributed by atoms with van der Waals surface area (Å²) in [5, 5.41) is 64.1. The Morgan fingerprint density at radius 3 is 2.17 bits per heavy atom. The van der Waals surface area contributed by atoms with E-state index in [-0.39, 0.29) is 34.2 Å². The summed E-state index contributed by atoms with van der Waals surface area (Å²) in [6, 6.07) is 27.7. The number of hydrazone groups is 1. The van der Waals surface area contributed by atoms with Gasteiger partial charge >= 0.3 is 11.9 Å². The van der Waals surface area contributed by atoms with Crippen LogP contribution in [0.25, 0.3) is 23.1 Å². The van der Waals surface area contributed by atoms with Crippen molar-refractivity contribution in [3.63, 3.8) is 0 Å². The SMILES string of the molecule is CC1=CCC2(C)C(=C1)C1CCCC1N2c1ccc(-c2nnc(C3(C)C=C(C4OC(c5ccc(N6c7ccc(/C=C(\C#N)C(=O)O)cc7C7CCCC76)cc5)=NN4C)C=C(c4nnc(C5C=CC(C)(N6C7=C(C=C(/C=C(/C#N)C(=O)O)CC7)C7CCCC76)CC5)o4)C3)o2)cc1. The van der Waals surface area contributed by atoms with E-state index in [1.807, 2.05) is 42.4 Å². The molecule has 4 aliphatic heterocycles. The van der Waals surface area contributed by atoms with Crippen LogP contribution in [-0.2, 0) is 19.7 Å². The minimum atomic E-state index is -1.24. The zero-order valence-electron chi connectivity index (χ0n) is 53.6. The normalized spacial score (nSPS) is 30.7. The number of ether oxygens (including phenoxy) is 1. The molecule has 0 spiro atoms. The van der Waals surface area contributed by atoms with Gasteiger partial charge in [-0.3, -0.25) is 5.01 Å². The van der Waals surface area contributed by atoms with E-state index in [4.69, 9.17) is 39.1 Å². The van der Waals surface area contributed by atoms with Crippen LogP contribution in [0.15, 0.2) is 174 Å². The first kappa shape index (κ1) is 59.2. The first-order chi connectivity index (χ1) is 45.5. The molecule has 7 aliphatic carbocycles. The van der Waals surface area contributed by atoms with Crippen molar-refractivity contribution in [2.24, 2.45) is 16.9 Å². The summed E-state index contributed by atoms with van der Waals surface area (Å²) >= 11 is 0. The summed E-state index contributed by atoms with van der Waals surface area (Å²) in [5.41, 5.74) is 13.3. The van der Waals surface area contributed by atoms with Gasteiger partial charge in [-0.25, -0.2) is 9.59 Å². The third-order valence-corrected chi connectivity index (χ3v) is 22.7. The van der Waals surface area contributed by atoms with Crippen molar-refractivity contribution in [1.29, 1.82) is 10.5 Å². The number of carboxylic acid groups (broad SMARTS) is 2. The van der Waals surface area contributed by atoms with Crippen molar-refractivity contribution in [1.82, 2.24) is 30.3 Å². The molecule has 6 heterocycles. The van der Waals surface area contributed by atoms with E-state index < -0.39 is 23.6 Å². The number of carboxylic acids is 2. The second kappa shape index (κ2) is 22.5. The van der Waals surface area contributed by atoms with Gasteiger partial charge in [0.25, 0.3) is 0 Å². The van der Waals surface area contributed by atoms with E-state index >= 15 is 0 Å². The molecule has 0 amide bonds. The largest absolute Gasteiger partial charge is 0.477 e. The van der Waals surface area contributed by atoms with Crippen LogP contribution in [0.2, 0.25) is 0 Å². The number of anilines is 3. The van der Waals surface area contributed by atoms with Crippen molar-refractivity contribution in [2.45, 2.75) is 177 Å². The Morgan fingerprint density at radius 2 is 1.43 bits per heavy atom. The van der Waals surface area contributed by atoms with Gasteiger partial charge in [-0.05, 0) is 211 Å². The lowest BCUT2D eigenvalue weighted by atomic mass is 9.77. The Kier molecular flexibility index (Phi) is 14.1. The molecule has 18 heteroatoms. The van der Waals surface area contributed by atoms with E-state index in [9.17, 15) is 30.3 Å².